The Kier molecular flexibility index (Phi) is 6.29. The minimum atomic E-state index is -0.724. The predicted molar refractivity (Wildman–Crippen MR) is 104 cm³/mol. The number of para-hydroxylation sites is 2. The van der Waals surface area contributed by atoms with Gasteiger partial charge < -0.3 is 20.5 Å². The lowest BCUT2D eigenvalue weighted by atomic mass is 9.82. The number of carbonyl (C=O) groups is 1. The van der Waals surface area contributed by atoms with Crippen LogP contribution in [-0.2, 0) is 11.3 Å². The molecule has 3 N–H and O–H groups in total. The van der Waals surface area contributed by atoms with Crippen LogP contribution >= 0.6 is 0 Å². The first kappa shape index (κ1) is 19.2. The Morgan fingerprint density at radius 2 is 1.89 bits per heavy atom. The molecule has 1 amide bonds. The molecule has 6 nitrogen and oxygen atoms in total. The third kappa shape index (κ3) is 4.98. The minimum Gasteiger partial charge on any atom is -0.490 e. The van der Waals surface area contributed by atoms with Crippen molar-refractivity contribution in [2.24, 2.45) is 5.73 Å². The number of pyridine rings is 1. The number of amides is 1. The molecule has 2 aromatic rings. The van der Waals surface area contributed by atoms with E-state index in [1.54, 1.807) is 12.3 Å². The first-order valence-electron chi connectivity index (χ1n) is 9.52. The smallest absolute Gasteiger partial charge is 0.240 e. The van der Waals surface area contributed by atoms with Crippen molar-refractivity contribution in [2.75, 3.05) is 6.61 Å². The molecule has 144 valence electrons. The Balaban J connectivity index is 1.57. The summed E-state index contributed by atoms with van der Waals surface area (Å²) >= 11 is 0. The molecule has 0 aliphatic heterocycles. The van der Waals surface area contributed by atoms with Gasteiger partial charge >= 0.3 is 0 Å². The van der Waals surface area contributed by atoms with Crippen LogP contribution in [0, 0.1) is 0 Å². The average Bonchev–Trinajstić information content (AvgIpc) is 2.69. The molecule has 1 aromatic carbocycles. The van der Waals surface area contributed by atoms with Crippen LogP contribution in [0.3, 0.4) is 0 Å². The second-order valence-corrected chi connectivity index (χ2v) is 6.89. The Labute approximate surface area is 160 Å². The van der Waals surface area contributed by atoms with Crippen molar-refractivity contribution in [3.05, 3.63) is 48.2 Å². The number of hydrogen-bond acceptors (Lipinski definition) is 5. The molecule has 3 rings (SSSR count). The molecule has 0 unspecified atom stereocenters. The van der Waals surface area contributed by atoms with E-state index in [-0.39, 0.29) is 5.91 Å². The molecular formula is C21H27N3O3. The summed E-state index contributed by atoms with van der Waals surface area (Å²) in [5.74, 6) is 1.70. The molecular weight excluding hydrogens is 342 g/mol. The topological polar surface area (TPSA) is 86.5 Å². The first-order valence-corrected chi connectivity index (χ1v) is 9.52. The van der Waals surface area contributed by atoms with Crippen molar-refractivity contribution in [3.8, 4) is 17.4 Å². The summed E-state index contributed by atoms with van der Waals surface area (Å²) in [6, 6.07) is 11.1. The minimum absolute atomic E-state index is 0.0758. The lowest BCUT2D eigenvalue weighted by Crippen LogP contribution is -2.54. The van der Waals surface area contributed by atoms with Crippen molar-refractivity contribution in [1.29, 1.82) is 0 Å². The van der Waals surface area contributed by atoms with Gasteiger partial charge in [0.05, 0.1) is 12.1 Å². The van der Waals surface area contributed by atoms with E-state index in [0.717, 1.165) is 37.7 Å². The highest BCUT2D eigenvalue weighted by Gasteiger charge is 2.34. The molecule has 0 spiro atoms. The highest BCUT2D eigenvalue weighted by atomic mass is 16.5. The second kappa shape index (κ2) is 8.86. The number of ether oxygens (including phenoxy) is 2. The molecule has 1 aliphatic rings. The van der Waals surface area contributed by atoms with Crippen LogP contribution in [0.1, 0.15) is 44.6 Å². The van der Waals surface area contributed by atoms with Crippen LogP contribution in [0.25, 0.3) is 0 Å². The predicted octanol–water partition coefficient (Wildman–Crippen LogP) is 3.55. The van der Waals surface area contributed by atoms with Crippen LogP contribution in [0.15, 0.2) is 42.6 Å². The molecule has 6 heteroatoms. The molecule has 0 saturated heterocycles. The van der Waals surface area contributed by atoms with Crippen molar-refractivity contribution >= 4 is 5.91 Å². The standard InChI is InChI=1S/C21H27N3O3/c1-2-26-17-8-4-5-9-18(17)27-19-11-10-16(14-23-19)15-24-20(25)21(22)12-6-3-7-13-21/h4-5,8-11,14H,2-3,6-7,12-13,15,22H2,1H3,(H,24,25). The van der Waals surface area contributed by atoms with E-state index in [9.17, 15) is 4.79 Å². The van der Waals surface area contributed by atoms with E-state index in [4.69, 9.17) is 15.2 Å². The third-order valence-electron chi connectivity index (χ3n) is 4.81. The van der Waals surface area contributed by atoms with Crippen molar-refractivity contribution < 1.29 is 14.3 Å². The molecule has 0 radical (unpaired) electrons. The van der Waals surface area contributed by atoms with Gasteiger partial charge in [-0.05, 0) is 37.5 Å². The van der Waals surface area contributed by atoms with Gasteiger partial charge in [0.2, 0.25) is 11.8 Å². The highest BCUT2D eigenvalue weighted by molar-refractivity contribution is 5.86. The summed E-state index contributed by atoms with van der Waals surface area (Å²) < 4.78 is 11.4. The maximum absolute atomic E-state index is 12.4. The Hall–Kier alpha value is -2.60. The number of aromatic nitrogens is 1. The summed E-state index contributed by atoms with van der Waals surface area (Å²) in [6.07, 6.45) is 6.39. The van der Waals surface area contributed by atoms with Crippen LogP contribution in [0.5, 0.6) is 17.4 Å². The van der Waals surface area contributed by atoms with Crippen LogP contribution < -0.4 is 20.5 Å². The van der Waals surface area contributed by atoms with E-state index in [0.29, 0.717) is 30.5 Å². The van der Waals surface area contributed by atoms with Gasteiger partial charge in [-0.3, -0.25) is 4.79 Å². The van der Waals surface area contributed by atoms with Gasteiger partial charge in [0.1, 0.15) is 0 Å². The number of nitrogens with zero attached hydrogens (tertiary/aromatic N) is 1. The Bertz CT molecular complexity index is 756. The Morgan fingerprint density at radius 1 is 1.15 bits per heavy atom. The summed E-state index contributed by atoms with van der Waals surface area (Å²) in [5, 5.41) is 2.94. The zero-order chi connectivity index (χ0) is 19.1. The summed E-state index contributed by atoms with van der Waals surface area (Å²) in [5.41, 5.74) is 6.43. The SMILES string of the molecule is CCOc1ccccc1Oc1ccc(CNC(=O)C2(N)CCCCC2)cn1. The van der Waals surface area contributed by atoms with Crippen LogP contribution in [-0.4, -0.2) is 23.0 Å². The lowest BCUT2D eigenvalue weighted by Gasteiger charge is -2.31. The third-order valence-corrected chi connectivity index (χ3v) is 4.81. The summed E-state index contributed by atoms with van der Waals surface area (Å²) in [4.78, 5) is 16.7. The van der Waals surface area contributed by atoms with Crippen molar-refractivity contribution in [3.63, 3.8) is 0 Å². The first-order chi connectivity index (χ1) is 13.1. The second-order valence-electron chi connectivity index (χ2n) is 6.89. The fourth-order valence-electron chi connectivity index (χ4n) is 3.27. The normalized spacial score (nSPS) is 15.8. The van der Waals surface area contributed by atoms with E-state index in [1.165, 1.54) is 0 Å². The number of nitrogens with two attached hydrogens (primary N) is 1. The van der Waals surface area contributed by atoms with Crippen molar-refractivity contribution in [1.82, 2.24) is 10.3 Å². The largest absolute Gasteiger partial charge is 0.490 e. The lowest BCUT2D eigenvalue weighted by molar-refractivity contribution is -0.127. The maximum Gasteiger partial charge on any atom is 0.240 e. The fourth-order valence-corrected chi connectivity index (χ4v) is 3.27. The number of rotatable bonds is 7. The van der Waals surface area contributed by atoms with Gasteiger partial charge in [-0.15, -0.1) is 0 Å². The van der Waals surface area contributed by atoms with Crippen LogP contribution in [0.4, 0.5) is 0 Å². The Morgan fingerprint density at radius 3 is 2.56 bits per heavy atom. The molecule has 1 aliphatic carbocycles. The van der Waals surface area contributed by atoms with E-state index in [2.05, 4.69) is 10.3 Å². The van der Waals surface area contributed by atoms with E-state index in [1.807, 2.05) is 37.3 Å². The van der Waals surface area contributed by atoms with Gasteiger partial charge in [0, 0.05) is 18.8 Å². The molecule has 1 aromatic heterocycles. The molecule has 0 atom stereocenters. The number of benzene rings is 1. The molecule has 1 heterocycles. The van der Waals surface area contributed by atoms with Crippen molar-refractivity contribution in [2.45, 2.75) is 51.1 Å². The number of nitrogens with one attached hydrogen (secondary N) is 1. The summed E-state index contributed by atoms with van der Waals surface area (Å²) in [7, 11) is 0. The highest BCUT2D eigenvalue weighted by Crippen LogP contribution is 2.30. The van der Waals surface area contributed by atoms with Gasteiger partial charge in [0.15, 0.2) is 11.5 Å². The number of carbonyl (C=O) groups excluding carboxylic acids is 1. The molecule has 1 saturated carbocycles. The van der Waals surface area contributed by atoms with E-state index < -0.39 is 5.54 Å². The molecule has 1 fully saturated rings. The molecule has 27 heavy (non-hydrogen) atoms. The fraction of sp³-hybridized carbons (Fsp3) is 0.429. The number of hydrogen-bond donors (Lipinski definition) is 2. The summed E-state index contributed by atoms with van der Waals surface area (Å²) in [6.45, 7) is 2.90. The van der Waals surface area contributed by atoms with Gasteiger partial charge in [-0.1, -0.05) is 37.5 Å². The maximum atomic E-state index is 12.4. The molecule has 0 bridgehead atoms. The monoisotopic (exact) mass is 369 g/mol. The van der Waals surface area contributed by atoms with Gasteiger partial charge in [0.25, 0.3) is 0 Å². The zero-order valence-electron chi connectivity index (χ0n) is 15.7. The quantitative estimate of drug-likeness (QED) is 0.779. The van der Waals surface area contributed by atoms with Gasteiger partial charge in [-0.25, -0.2) is 4.98 Å². The zero-order valence-corrected chi connectivity index (χ0v) is 15.7. The van der Waals surface area contributed by atoms with Gasteiger partial charge in [-0.2, -0.15) is 0 Å². The average molecular weight is 369 g/mol. The van der Waals surface area contributed by atoms with Crippen LogP contribution in [0.2, 0.25) is 0 Å². The van der Waals surface area contributed by atoms with E-state index >= 15 is 0 Å².